The Morgan fingerprint density at radius 1 is 1.20 bits per heavy atom. The summed E-state index contributed by atoms with van der Waals surface area (Å²) in [5.74, 6) is -0.0531. The first-order valence-electron chi connectivity index (χ1n) is 8.69. The third-order valence-corrected chi connectivity index (χ3v) is 5.48. The van der Waals surface area contributed by atoms with E-state index in [1.165, 1.54) is 0 Å². The number of nitrogens with zero attached hydrogens (tertiary/aromatic N) is 1. The second-order valence-corrected chi connectivity index (χ2v) is 8.71. The van der Waals surface area contributed by atoms with Gasteiger partial charge in [0.05, 0.1) is 29.1 Å². The number of amides is 1. The number of halogens is 4. The number of sulfonamides is 1. The van der Waals surface area contributed by atoms with Crippen molar-refractivity contribution < 1.29 is 31.1 Å². The number of hydrogen-bond donors (Lipinski definition) is 1. The highest BCUT2D eigenvalue weighted by Crippen LogP contribution is 2.37. The molecular weight excluding hydrogens is 445 g/mol. The molecule has 2 aromatic carbocycles. The summed E-state index contributed by atoms with van der Waals surface area (Å²) >= 11 is 5.57. The van der Waals surface area contributed by atoms with Crippen LogP contribution in [0.2, 0.25) is 5.02 Å². The number of carbonyl (C=O) groups is 1. The van der Waals surface area contributed by atoms with E-state index in [4.69, 9.17) is 16.3 Å². The Bertz CT molecular complexity index is 1010. The van der Waals surface area contributed by atoms with Crippen molar-refractivity contribution in [2.75, 3.05) is 30.3 Å². The minimum Gasteiger partial charge on any atom is -0.491 e. The molecule has 0 radical (unpaired) electrons. The lowest BCUT2D eigenvalue weighted by Crippen LogP contribution is -2.41. The minimum absolute atomic E-state index is 0.0825. The molecule has 30 heavy (non-hydrogen) atoms. The van der Waals surface area contributed by atoms with Gasteiger partial charge in [0.1, 0.15) is 18.9 Å². The molecule has 0 fully saturated rings. The van der Waals surface area contributed by atoms with Crippen molar-refractivity contribution in [2.45, 2.75) is 13.1 Å². The summed E-state index contributed by atoms with van der Waals surface area (Å²) in [6.45, 7) is 1.38. The molecule has 2 rings (SSSR count). The fourth-order valence-electron chi connectivity index (χ4n) is 2.54. The lowest BCUT2D eigenvalue weighted by Gasteiger charge is -2.23. The van der Waals surface area contributed by atoms with Gasteiger partial charge in [-0.15, -0.1) is 0 Å². The number of hydrogen-bond acceptors (Lipinski definition) is 4. The van der Waals surface area contributed by atoms with Crippen LogP contribution in [-0.4, -0.2) is 40.3 Å². The molecule has 0 saturated carbocycles. The zero-order valence-corrected chi connectivity index (χ0v) is 17.7. The highest BCUT2D eigenvalue weighted by Gasteiger charge is 2.34. The van der Waals surface area contributed by atoms with Gasteiger partial charge in [-0.1, -0.05) is 29.8 Å². The summed E-state index contributed by atoms with van der Waals surface area (Å²) in [6, 6.07) is 9.91. The van der Waals surface area contributed by atoms with Gasteiger partial charge in [-0.3, -0.25) is 9.10 Å². The van der Waals surface area contributed by atoms with Crippen LogP contribution in [0.1, 0.15) is 11.1 Å². The second-order valence-electron chi connectivity index (χ2n) is 6.40. The first-order valence-corrected chi connectivity index (χ1v) is 10.9. The third-order valence-electron chi connectivity index (χ3n) is 4.01. The molecule has 0 unspecified atom stereocenters. The Kier molecular flexibility index (Phi) is 7.59. The van der Waals surface area contributed by atoms with Crippen molar-refractivity contribution >= 4 is 33.2 Å². The molecule has 0 saturated heterocycles. The van der Waals surface area contributed by atoms with Gasteiger partial charge < -0.3 is 10.1 Å². The SMILES string of the molecule is Cc1ccccc1OCCNC(=O)CN(c1ccc(Cl)c(C(F)(F)F)c1)S(C)(=O)=O. The Balaban J connectivity index is 2.05. The second kappa shape index (κ2) is 9.57. The number of para-hydroxylation sites is 1. The van der Waals surface area contributed by atoms with Crippen LogP contribution in [0.3, 0.4) is 0 Å². The number of benzene rings is 2. The van der Waals surface area contributed by atoms with E-state index < -0.39 is 39.2 Å². The van der Waals surface area contributed by atoms with Gasteiger partial charge in [0.2, 0.25) is 15.9 Å². The molecule has 11 heteroatoms. The number of ether oxygens (including phenoxy) is 1. The van der Waals surface area contributed by atoms with Gasteiger partial charge in [-0.25, -0.2) is 8.42 Å². The number of rotatable bonds is 8. The molecule has 0 aliphatic heterocycles. The maximum atomic E-state index is 13.1. The van der Waals surface area contributed by atoms with Crippen LogP contribution < -0.4 is 14.4 Å². The highest BCUT2D eigenvalue weighted by molar-refractivity contribution is 7.92. The zero-order valence-electron chi connectivity index (χ0n) is 16.2. The standard InChI is InChI=1S/C19H20ClF3N2O4S/c1-13-5-3-4-6-17(13)29-10-9-24-18(26)12-25(30(2,27)28)14-7-8-16(20)15(11-14)19(21,22)23/h3-8,11H,9-10,12H2,1-2H3,(H,24,26). The Morgan fingerprint density at radius 3 is 2.47 bits per heavy atom. The average Bonchev–Trinajstić information content (AvgIpc) is 2.63. The largest absolute Gasteiger partial charge is 0.491 e. The van der Waals surface area contributed by atoms with Crippen LogP contribution >= 0.6 is 11.6 Å². The van der Waals surface area contributed by atoms with Crippen molar-refractivity contribution in [1.29, 1.82) is 0 Å². The molecular formula is C19H20ClF3N2O4S. The normalized spacial score (nSPS) is 11.8. The van der Waals surface area contributed by atoms with Gasteiger partial charge in [0.15, 0.2) is 0 Å². The first kappa shape index (κ1) is 23.8. The van der Waals surface area contributed by atoms with Crippen LogP contribution in [-0.2, 0) is 21.0 Å². The van der Waals surface area contributed by atoms with Crippen LogP contribution in [0.15, 0.2) is 42.5 Å². The number of aryl methyl sites for hydroxylation is 1. The van der Waals surface area contributed by atoms with Gasteiger partial charge in [0.25, 0.3) is 0 Å². The van der Waals surface area contributed by atoms with Gasteiger partial charge in [-0.2, -0.15) is 13.2 Å². The van der Waals surface area contributed by atoms with Crippen molar-refractivity contribution in [1.82, 2.24) is 5.32 Å². The molecule has 1 N–H and O–H groups in total. The summed E-state index contributed by atoms with van der Waals surface area (Å²) < 4.78 is 69.5. The van der Waals surface area contributed by atoms with E-state index in [0.717, 1.165) is 24.0 Å². The first-order chi connectivity index (χ1) is 13.9. The smallest absolute Gasteiger partial charge is 0.417 e. The minimum atomic E-state index is -4.77. The van der Waals surface area contributed by atoms with Crippen LogP contribution in [0.4, 0.5) is 18.9 Å². The number of carbonyl (C=O) groups excluding carboxylic acids is 1. The van der Waals surface area contributed by atoms with E-state index in [1.807, 2.05) is 19.1 Å². The summed E-state index contributed by atoms with van der Waals surface area (Å²) in [5, 5.41) is 1.91. The molecule has 0 aliphatic rings. The zero-order chi connectivity index (χ0) is 22.5. The molecule has 164 valence electrons. The van der Waals surface area contributed by atoms with E-state index in [-0.39, 0.29) is 18.8 Å². The van der Waals surface area contributed by atoms with Crippen LogP contribution in [0.5, 0.6) is 5.75 Å². The fourth-order valence-corrected chi connectivity index (χ4v) is 3.61. The predicted octanol–water partition coefficient (Wildman–Crippen LogP) is 3.63. The van der Waals surface area contributed by atoms with Gasteiger partial charge in [0, 0.05) is 0 Å². The Hall–Kier alpha value is -2.46. The Morgan fingerprint density at radius 2 is 1.87 bits per heavy atom. The molecule has 0 atom stereocenters. The molecule has 1 amide bonds. The summed E-state index contributed by atoms with van der Waals surface area (Å²) in [6.07, 6.45) is -3.98. The van der Waals surface area contributed by atoms with E-state index in [1.54, 1.807) is 12.1 Å². The van der Waals surface area contributed by atoms with Crippen molar-refractivity contribution in [3.05, 3.63) is 58.6 Å². The third kappa shape index (κ3) is 6.53. The maximum Gasteiger partial charge on any atom is 0.417 e. The number of anilines is 1. The summed E-state index contributed by atoms with van der Waals surface area (Å²) in [4.78, 5) is 12.2. The molecule has 0 heterocycles. The van der Waals surface area contributed by atoms with Crippen molar-refractivity contribution in [3.8, 4) is 5.75 Å². The molecule has 0 aliphatic carbocycles. The summed E-state index contributed by atoms with van der Waals surface area (Å²) in [7, 11) is -4.04. The Labute approximate surface area is 177 Å². The van der Waals surface area contributed by atoms with E-state index in [2.05, 4.69) is 5.32 Å². The maximum absolute atomic E-state index is 13.1. The molecule has 0 spiro atoms. The van der Waals surface area contributed by atoms with Crippen molar-refractivity contribution in [3.63, 3.8) is 0 Å². The molecule has 2 aromatic rings. The van der Waals surface area contributed by atoms with E-state index in [0.29, 0.717) is 16.1 Å². The van der Waals surface area contributed by atoms with E-state index >= 15 is 0 Å². The summed E-state index contributed by atoms with van der Waals surface area (Å²) in [5.41, 5.74) is -0.599. The lowest BCUT2D eigenvalue weighted by molar-refractivity contribution is -0.137. The number of nitrogens with one attached hydrogen (secondary N) is 1. The van der Waals surface area contributed by atoms with Gasteiger partial charge in [-0.05, 0) is 36.8 Å². The van der Waals surface area contributed by atoms with Crippen molar-refractivity contribution in [2.24, 2.45) is 0 Å². The molecule has 6 nitrogen and oxygen atoms in total. The molecule has 0 aromatic heterocycles. The monoisotopic (exact) mass is 464 g/mol. The fraction of sp³-hybridized carbons (Fsp3) is 0.316. The quantitative estimate of drug-likeness (QED) is 0.605. The number of alkyl halides is 3. The predicted molar refractivity (Wildman–Crippen MR) is 108 cm³/mol. The topological polar surface area (TPSA) is 75.7 Å². The van der Waals surface area contributed by atoms with Crippen LogP contribution in [0.25, 0.3) is 0 Å². The lowest BCUT2D eigenvalue weighted by atomic mass is 10.2. The average molecular weight is 465 g/mol. The van der Waals surface area contributed by atoms with Gasteiger partial charge >= 0.3 is 6.18 Å². The van der Waals surface area contributed by atoms with Crippen LogP contribution in [0, 0.1) is 6.92 Å². The highest BCUT2D eigenvalue weighted by atomic mass is 35.5. The molecule has 0 bridgehead atoms. The van der Waals surface area contributed by atoms with E-state index in [9.17, 15) is 26.4 Å².